The van der Waals surface area contributed by atoms with Crippen molar-refractivity contribution in [1.82, 2.24) is 0 Å². The van der Waals surface area contributed by atoms with Gasteiger partial charge in [0, 0.05) is 12.1 Å². The number of rotatable bonds is 7. The first-order valence-corrected chi connectivity index (χ1v) is 8.62. The minimum atomic E-state index is -0.221. The van der Waals surface area contributed by atoms with Crippen LogP contribution >= 0.6 is 11.3 Å². The van der Waals surface area contributed by atoms with E-state index in [4.69, 9.17) is 4.74 Å². The summed E-state index contributed by atoms with van der Waals surface area (Å²) in [5.74, 6) is 0.462. The number of carbonyl (C=O) groups excluding carboxylic acids is 2. The average molecular weight is 331 g/mol. The van der Waals surface area contributed by atoms with E-state index in [0.29, 0.717) is 28.7 Å². The van der Waals surface area contributed by atoms with Crippen molar-refractivity contribution in [1.29, 1.82) is 0 Å². The number of hydrogen-bond acceptors (Lipinski definition) is 4. The lowest BCUT2D eigenvalue weighted by Crippen LogP contribution is -2.12. The van der Waals surface area contributed by atoms with Crippen molar-refractivity contribution in [2.45, 2.75) is 33.1 Å². The van der Waals surface area contributed by atoms with Crippen LogP contribution < -0.4 is 10.1 Å². The van der Waals surface area contributed by atoms with E-state index in [2.05, 4.69) is 12.2 Å². The Morgan fingerprint density at radius 2 is 1.96 bits per heavy atom. The van der Waals surface area contributed by atoms with Gasteiger partial charge in [0.15, 0.2) is 0 Å². The maximum atomic E-state index is 11.9. The van der Waals surface area contributed by atoms with Crippen LogP contribution in [0.15, 0.2) is 41.8 Å². The van der Waals surface area contributed by atoms with Crippen LogP contribution in [0.5, 0.6) is 5.75 Å². The molecule has 0 spiro atoms. The van der Waals surface area contributed by atoms with Crippen LogP contribution in [0.2, 0.25) is 0 Å². The van der Waals surface area contributed by atoms with Gasteiger partial charge in [-0.3, -0.25) is 9.59 Å². The van der Waals surface area contributed by atoms with E-state index in [1.165, 1.54) is 11.3 Å². The van der Waals surface area contributed by atoms with Gasteiger partial charge in [0.25, 0.3) is 5.91 Å². The highest BCUT2D eigenvalue weighted by Gasteiger charge is 2.11. The molecule has 1 unspecified atom stereocenters. The monoisotopic (exact) mass is 331 g/mol. The molecule has 2 rings (SSSR count). The zero-order chi connectivity index (χ0) is 16.7. The highest BCUT2D eigenvalue weighted by Crippen LogP contribution is 2.19. The molecular weight excluding hydrogens is 310 g/mol. The standard InChI is InChI=1S/C18H21NO3S/c1-3-5-13(2)12-17(20)22-15-9-7-14(8-10-15)19-18(21)16-6-4-11-23-16/h4,6-11,13H,3,5,12H2,1-2H3,(H,19,21). The largest absolute Gasteiger partial charge is 0.427 e. The van der Waals surface area contributed by atoms with Gasteiger partial charge in [-0.05, 0) is 41.6 Å². The molecule has 1 heterocycles. The maximum Gasteiger partial charge on any atom is 0.311 e. The normalized spacial score (nSPS) is 11.7. The number of hydrogen-bond donors (Lipinski definition) is 1. The molecule has 2 aromatic rings. The Morgan fingerprint density at radius 3 is 2.57 bits per heavy atom. The van der Waals surface area contributed by atoms with Crippen molar-refractivity contribution < 1.29 is 14.3 Å². The van der Waals surface area contributed by atoms with Crippen LogP contribution in [0.4, 0.5) is 5.69 Å². The van der Waals surface area contributed by atoms with E-state index in [-0.39, 0.29) is 11.9 Å². The molecule has 1 amide bonds. The van der Waals surface area contributed by atoms with Gasteiger partial charge in [0.1, 0.15) is 5.75 Å². The number of thiophene rings is 1. The lowest BCUT2D eigenvalue weighted by molar-refractivity contribution is -0.135. The first-order valence-electron chi connectivity index (χ1n) is 7.74. The third-order valence-corrected chi connectivity index (χ3v) is 4.25. The van der Waals surface area contributed by atoms with E-state index in [9.17, 15) is 9.59 Å². The molecule has 0 aliphatic rings. The van der Waals surface area contributed by atoms with Gasteiger partial charge in [-0.15, -0.1) is 11.3 Å². The van der Waals surface area contributed by atoms with E-state index < -0.39 is 0 Å². The number of amides is 1. The summed E-state index contributed by atoms with van der Waals surface area (Å²) in [7, 11) is 0. The van der Waals surface area contributed by atoms with Crippen LogP contribution in [0, 0.1) is 5.92 Å². The van der Waals surface area contributed by atoms with E-state index >= 15 is 0 Å². The van der Waals surface area contributed by atoms with E-state index in [1.54, 1.807) is 30.3 Å². The Kier molecular flexibility index (Phi) is 6.35. The second-order valence-electron chi connectivity index (χ2n) is 5.53. The molecule has 1 aromatic carbocycles. The summed E-state index contributed by atoms with van der Waals surface area (Å²) in [5.41, 5.74) is 0.669. The summed E-state index contributed by atoms with van der Waals surface area (Å²) in [4.78, 5) is 24.4. The lowest BCUT2D eigenvalue weighted by atomic mass is 10.0. The Balaban J connectivity index is 1.87. The van der Waals surface area contributed by atoms with Gasteiger partial charge in [0.2, 0.25) is 0 Å². The second-order valence-corrected chi connectivity index (χ2v) is 6.48. The zero-order valence-electron chi connectivity index (χ0n) is 13.4. The van der Waals surface area contributed by atoms with Crippen LogP contribution in [0.25, 0.3) is 0 Å². The predicted octanol–water partition coefficient (Wildman–Crippen LogP) is 4.73. The molecule has 122 valence electrons. The molecule has 0 saturated carbocycles. The molecular formula is C18H21NO3S. The number of nitrogens with one attached hydrogen (secondary N) is 1. The van der Waals surface area contributed by atoms with Crippen molar-refractivity contribution in [3.8, 4) is 5.75 Å². The molecule has 0 aliphatic heterocycles. The van der Waals surface area contributed by atoms with E-state index in [1.807, 2.05) is 18.4 Å². The highest BCUT2D eigenvalue weighted by molar-refractivity contribution is 7.12. The molecule has 4 nitrogen and oxygen atoms in total. The fraction of sp³-hybridized carbons (Fsp3) is 0.333. The quantitative estimate of drug-likeness (QED) is 0.589. The molecule has 1 N–H and O–H groups in total. The lowest BCUT2D eigenvalue weighted by Gasteiger charge is -2.10. The second kappa shape index (κ2) is 8.48. The maximum absolute atomic E-state index is 11.9. The van der Waals surface area contributed by atoms with Crippen molar-refractivity contribution >= 4 is 28.9 Å². The molecule has 5 heteroatoms. The summed E-state index contributed by atoms with van der Waals surface area (Å²) >= 11 is 1.39. The number of anilines is 1. The summed E-state index contributed by atoms with van der Waals surface area (Å²) < 4.78 is 5.31. The average Bonchev–Trinajstić information content (AvgIpc) is 3.03. The Labute approximate surface area is 140 Å². The summed E-state index contributed by atoms with van der Waals surface area (Å²) in [6, 6.07) is 10.4. The van der Waals surface area contributed by atoms with Crippen molar-refractivity contribution in [2.24, 2.45) is 5.92 Å². The number of carbonyl (C=O) groups is 2. The number of esters is 1. The molecule has 0 radical (unpaired) electrons. The molecule has 0 bridgehead atoms. The zero-order valence-corrected chi connectivity index (χ0v) is 14.2. The minimum absolute atomic E-state index is 0.141. The predicted molar refractivity (Wildman–Crippen MR) is 93.0 cm³/mol. The minimum Gasteiger partial charge on any atom is -0.427 e. The first-order chi connectivity index (χ1) is 11.1. The molecule has 1 aromatic heterocycles. The smallest absolute Gasteiger partial charge is 0.311 e. The third kappa shape index (κ3) is 5.53. The van der Waals surface area contributed by atoms with Gasteiger partial charge < -0.3 is 10.1 Å². The van der Waals surface area contributed by atoms with Crippen molar-refractivity contribution in [3.63, 3.8) is 0 Å². The topological polar surface area (TPSA) is 55.4 Å². The van der Waals surface area contributed by atoms with Crippen molar-refractivity contribution in [2.75, 3.05) is 5.32 Å². The summed E-state index contributed by atoms with van der Waals surface area (Å²) in [6.07, 6.45) is 2.50. The molecule has 0 fully saturated rings. The van der Waals surface area contributed by atoms with Crippen LogP contribution in [-0.4, -0.2) is 11.9 Å². The highest BCUT2D eigenvalue weighted by atomic mass is 32.1. The van der Waals surface area contributed by atoms with Gasteiger partial charge in [0.05, 0.1) is 4.88 Å². The van der Waals surface area contributed by atoms with Crippen LogP contribution in [-0.2, 0) is 4.79 Å². The van der Waals surface area contributed by atoms with Crippen LogP contribution in [0.3, 0.4) is 0 Å². The Morgan fingerprint density at radius 1 is 1.22 bits per heavy atom. The molecule has 23 heavy (non-hydrogen) atoms. The SMILES string of the molecule is CCCC(C)CC(=O)Oc1ccc(NC(=O)c2cccs2)cc1. The van der Waals surface area contributed by atoms with Crippen LogP contribution in [0.1, 0.15) is 42.8 Å². The first kappa shape index (κ1) is 17.2. The molecule has 1 atom stereocenters. The Hall–Kier alpha value is -2.14. The van der Waals surface area contributed by atoms with Gasteiger partial charge >= 0.3 is 5.97 Å². The number of benzene rings is 1. The van der Waals surface area contributed by atoms with Gasteiger partial charge in [-0.25, -0.2) is 0 Å². The third-order valence-electron chi connectivity index (χ3n) is 3.39. The van der Waals surface area contributed by atoms with Crippen molar-refractivity contribution in [3.05, 3.63) is 46.7 Å². The fourth-order valence-electron chi connectivity index (χ4n) is 2.26. The van der Waals surface area contributed by atoms with Gasteiger partial charge in [-0.2, -0.15) is 0 Å². The number of ether oxygens (including phenoxy) is 1. The molecule has 0 aliphatic carbocycles. The van der Waals surface area contributed by atoms with E-state index in [0.717, 1.165) is 12.8 Å². The fourth-order valence-corrected chi connectivity index (χ4v) is 2.88. The Bertz CT molecular complexity index is 635. The summed E-state index contributed by atoms with van der Waals surface area (Å²) in [5, 5.41) is 4.66. The molecule has 0 saturated heterocycles. The summed E-state index contributed by atoms with van der Waals surface area (Å²) in [6.45, 7) is 4.15. The van der Waals surface area contributed by atoms with Gasteiger partial charge in [-0.1, -0.05) is 32.8 Å².